The average Bonchev–Trinajstić information content (AvgIpc) is 2.70. The van der Waals surface area contributed by atoms with Crippen molar-refractivity contribution in [2.45, 2.75) is 25.9 Å². The van der Waals surface area contributed by atoms with Crippen molar-refractivity contribution in [1.29, 1.82) is 0 Å². The summed E-state index contributed by atoms with van der Waals surface area (Å²) in [4.78, 5) is 0. The molecule has 0 aromatic heterocycles. The van der Waals surface area contributed by atoms with Gasteiger partial charge in [-0.05, 0) is 20.5 Å². The lowest BCUT2D eigenvalue weighted by Crippen LogP contribution is -2.00. The smallest absolute Gasteiger partial charge is 0.0368 e. The Hall–Kier alpha value is 0.350. The van der Waals surface area contributed by atoms with Crippen molar-refractivity contribution < 1.29 is 0 Å². The van der Waals surface area contributed by atoms with Crippen molar-refractivity contribution in [3.63, 3.8) is 0 Å². The van der Waals surface area contributed by atoms with E-state index in [-0.39, 0.29) is 8.22 Å². The molecule has 2 nitrogen and oxygen atoms in total. The fourth-order valence-electron chi connectivity index (χ4n) is 1.40. The van der Waals surface area contributed by atoms with Gasteiger partial charge in [0, 0.05) is 33.4 Å². The summed E-state index contributed by atoms with van der Waals surface area (Å²) in [5, 5.41) is 0. The van der Waals surface area contributed by atoms with Crippen molar-refractivity contribution in [2.75, 3.05) is 19.8 Å². The van der Waals surface area contributed by atoms with E-state index in [4.69, 9.17) is 0 Å². The van der Waals surface area contributed by atoms with E-state index in [1.165, 1.54) is 13.1 Å². The zero-order valence-corrected chi connectivity index (χ0v) is 7.80. The van der Waals surface area contributed by atoms with E-state index in [2.05, 4.69) is 29.9 Å². The molecule has 0 aliphatic carbocycles. The molecular weight excluding hydrogens is 143 g/mol. The lowest BCUT2D eigenvalue weighted by molar-refractivity contribution is 0.726. The van der Waals surface area contributed by atoms with Crippen LogP contribution in [0, 0.1) is 0 Å². The van der Waals surface area contributed by atoms with Crippen LogP contribution in [0.2, 0.25) is 0 Å². The van der Waals surface area contributed by atoms with E-state index >= 15 is 0 Å². The minimum absolute atomic E-state index is 0.112. The van der Waals surface area contributed by atoms with Crippen molar-refractivity contribution >= 4 is 8.22 Å². The summed E-state index contributed by atoms with van der Waals surface area (Å²) in [6, 6.07) is 1.76. The molecule has 58 valence electrons. The molecule has 10 heavy (non-hydrogen) atoms. The van der Waals surface area contributed by atoms with Crippen LogP contribution >= 0.6 is 8.22 Å². The highest BCUT2D eigenvalue weighted by Crippen LogP contribution is 2.54. The summed E-state index contributed by atoms with van der Waals surface area (Å²) < 4.78 is 5.19. The van der Waals surface area contributed by atoms with Crippen LogP contribution in [0.15, 0.2) is 0 Å². The monoisotopic (exact) mass is 158 g/mol. The van der Waals surface area contributed by atoms with Gasteiger partial charge in [-0.1, -0.05) is 0 Å². The zero-order chi connectivity index (χ0) is 7.30. The number of nitrogens with zero attached hydrogens (tertiary/aromatic N) is 2. The Kier molecular flexibility index (Phi) is 1.52. The molecule has 0 N–H and O–H groups in total. The number of rotatable bonds is 2. The van der Waals surface area contributed by atoms with Crippen LogP contribution in [0.4, 0.5) is 0 Å². The topological polar surface area (TPSA) is 6.02 Å². The van der Waals surface area contributed by atoms with Crippen LogP contribution in [-0.4, -0.2) is 41.2 Å². The third-order valence-corrected chi connectivity index (χ3v) is 5.00. The van der Waals surface area contributed by atoms with Gasteiger partial charge in [-0.25, -0.2) is 0 Å². The Labute approximate surface area is 64.0 Å². The van der Waals surface area contributed by atoms with Gasteiger partial charge in [0.1, 0.15) is 0 Å². The predicted octanol–water partition coefficient (Wildman–Crippen LogP) is 1.34. The Morgan fingerprint density at radius 3 is 1.60 bits per heavy atom. The predicted molar refractivity (Wildman–Crippen MR) is 45.2 cm³/mol. The molecule has 2 saturated heterocycles. The van der Waals surface area contributed by atoms with Gasteiger partial charge in [-0.15, -0.1) is 0 Å². The van der Waals surface area contributed by atoms with Crippen molar-refractivity contribution in [1.82, 2.24) is 9.34 Å². The van der Waals surface area contributed by atoms with Crippen LogP contribution in [0.3, 0.4) is 0 Å². The summed E-state index contributed by atoms with van der Waals surface area (Å²) in [5.74, 6) is 0. The third kappa shape index (κ3) is 1.09. The molecule has 0 aromatic rings. The van der Waals surface area contributed by atoms with E-state index in [1.54, 1.807) is 0 Å². The largest absolute Gasteiger partial charge is 0.264 e. The van der Waals surface area contributed by atoms with Gasteiger partial charge in [-0.3, -0.25) is 9.34 Å². The SMILES string of the molecule is C[C@@H]1CN1P(C)N1C[C@@H]1C. The van der Waals surface area contributed by atoms with Gasteiger partial charge in [0.2, 0.25) is 0 Å². The van der Waals surface area contributed by atoms with E-state index < -0.39 is 0 Å². The molecular formula is C7H15N2P. The maximum Gasteiger partial charge on any atom is 0.0368 e. The van der Waals surface area contributed by atoms with E-state index in [1.807, 2.05) is 0 Å². The van der Waals surface area contributed by atoms with Crippen molar-refractivity contribution in [3.8, 4) is 0 Å². The first-order chi connectivity index (χ1) is 4.70. The Balaban J connectivity index is 1.83. The Morgan fingerprint density at radius 1 is 1.10 bits per heavy atom. The molecule has 0 amide bonds. The molecule has 3 heteroatoms. The first-order valence-corrected chi connectivity index (χ1v) is 5.66. The highest BCUT2D eigenvalue weighted by atomic mass is 31.1. The molecule has 2 fully saturated rings. The van der Waals surface area contributed by atoms with Gasteiger partial charge < -0.3 is 0 Å². The summed E-state index contributed by atoms with van der Waals surface area (Å²) in [6.07, 6.45) is 0. The minimum Gasteiger partial charge on any atom is -0.264 e. The van der Waals surface area contributed by atoms with Crippen molar-refractivity contribution in [3.05, 3.63) is 0 Å². The Morgan fingerprint density at radius 2 is 1.40 bits per heavy atom. The van der Waals surface area contributed by atoms with Crippen LogP contribution < -0.4 is 0 Å². The van der Waals surface area contributed by atoms with Gasteiger partial charge in [0.25, 0.3) is 0 Å². The van der Waals surface area contributed by atoms with Gasteiger partial charge >= 0.3 is 0 Å². The Bertz CT molecular complexity index is 135. The lowest BCUT2D eigenvalue weighted by Gasteiger charge is -2.14. The summed E-state index contributed by atoms with van der Waals surface area (Å²) in [7, 11) is 0.112. The normalized spacial score (nSPS) is 54.3. The number of hydrogen-bond donors (Lipinski definition) is 0. The number of hydrogen-bond acceptors (Lipinski definition) is 2. The summed E-state index contributed by atoms with van der Waals surface area (Å²) >= 11 is 0. The molecule has 2 aliphatic rings. The van der Waals surface area contributed by atoms with Crippen LogP contribution in [0.25, 0.3) is 0 Å². The highest BCUT2D eigenvalue weighted by Gasteiger charge is 2.43. The third-order valence-electron chi connectivity index (χ3n) is 2.40. The van der Waals surface area contributed by atoms with Crippen LogP contribution in [0.1, 0.15) is 13.8 Å². The van der Waals surface area contributed by atoms with E-state index in [9.17, 15) is 0 Å². The van der Waals surface area contributed by atoms with E-state index in [0.29, 0.717) is 0 Å². The molecule has 2 aliphatic heterocycles. The van der Waals surface area contributed by atoms with Gasteiger partial charge in [-0.2, -0.15) is 0 Å². The molecule has 2 heterocycles. The fraction of sp³-hybridized carbons (Fsp3) is 1.00. The molecule has 0 saturated carbocycles. The zero-order valence-electron chi connectivity index (χ0n) is 6.91. The maximum absolute atomic E-state index is 2.60. The van der Waals surface area contributed by atoms with Gasteiger partial charge in [0.15, 0.2) is 0 Å². The van der Waals surface area contributed by atoms with E-state index in [0.717, 1.165) is 12.1 Å². The first kappa shape index (κ1) is 7.02. The summed E-state index contributed by atoms with van der Waals surface area (Å²) in [6.45, 7) is 9.68. The quantitative estimate of drug-likeness (QED) is 0.442. The lowest BCUT2D eigenvalue weighted by atomic mass is 10.6. The molecule has 2 rings (SSSR count). The molecule has 0 radical (unpaired) electrons. The van der Waals surface area contributed by atoms with Gasteiger partial charge in [0.05, 0.1) is 0 Å². The van der Waals surface area contributed by atoms with Crippen LogP contribution in [-0.2, 0) is 0 Å². The summed E-state index contributed by atoms with van der Waals surface area (Å²) in [5.41, 5.74) is 0. The first-order valence-electron chi connectivity index (χ1n) is 3.97. The average molecular weight is 158 g/mol. The minimum atomic E-state index is 0.112. The maximum atomic E-state index is 2.60. The molecule has 5 atom stereocenters. The highest BCUT2D eigenvalue weighted by molar-refractivity contribution is 7.52. The molecule has 3 unspecified atom stereocenters. The molecule has 0 spiro atoms. The molecule has 0 aromatic carbocycles. The standard InChI is InChI=1S/C7H15N2P/c1-6-4-8(6)10(3)9-5-7(9)2/h6-7H,4-5H2,1-3H3/t6-,7+,8?,9?,10?. The fourth-order valence-corrected chi connectivity index (χ4v) is 3.78. The second-order valence-corrected chi connectivity index (χ2v) is 5.44. The van der Waals surface area contributed by atoms with Crippen molar-refractivity contribution in [2.24, 2.45) is 0 Å². The second kappa shape index (κ2) is 2.17. The van der Waals surface area contributed by atoms with Crippen LogP contribution in [0.5, 0.6) is 0 Å². The molecule has 0 bridgehead atoms. The second-order valence-electron chi connectivity index (χ2n) is 3.43.